The number of rotatable bonds is 0. The van der Waals surface area contributed by atoms with Crippen molar-refractivity contribution in [3.05, 3.63) is 53.3 Å². The van der Waals surface area contributed by atoms with E-state index in [0.717, 1.165) is 0 Å². The van der Waals surface area contributed by atoms with Crippen LogP contribution < -0.4 is 4.74 Å². The normalized spacial score (nSPS) is 12.4. The molecule has 0 aliphatic carbocycles. The minimum Gasteiger partial charge on any atom is -0.512 e. The van der Waals surface area contributed by atoms with Crippen molar-refractivity contribution in [2.45, 2.75) is 6.92 Å². The molecule has 4 heteroatoms. The highest BCUT2D eigenvalue weighted by molar-refractivity contribution is 5.89. The molecule has 0 fully saturated rings. The van der Waals surface area contributed by atoms with Crippen molar-refractivity contribution in [2.24, 2.45) is 0 Å². The van der Waals surface area contributed by atoms with Gasteiger partial charge in [0.25, 0.3) is 0 Å². The highest BCUT2D eigenvalue weighted by atomic mass is 16.5. The quantitative estimate of drug-likeness (QED) is 0.538. The largest absolute Gasteiger partial charge is 0.512 e. The number of ether oxygens (including phenoxy) is 1. The van der Waals surface area contributed by atoms with E-state index >= 15 is 0 Å². The first-order chi connectivity index (χ1) is 9.06. The molecule has 96 valence electrons. The number of phenolic OH excluding ortho intramolecular Hbond substituents is 2. The lowest BCUT2D eigenvalue weighted by Gasteiger charge is -2.23. The highest BCUT2D eigenvalue weighted by Gasteiger charge is 2.24. The van der Waals surface area contributed by atoms with Gasteiger partial charge in [-0.2, -0.15) is 0 Å². The third-order valence-corrected chi connectivity index (χ3v) is 3.05. The summed E-state index contributed by atoms with van der Waals surface area (Å²) in [6, 6.07) is 9.38. The summed E-state index contributed by atoms with van der Waals surface area (Å²) in [4.78, 5) is 0. The summed E-state index contributed by atoms with van der Waals surface area (Å²) in [6.07, 6.45) is 0. The zero-order chi connectivity index (χ0) is 13.6. The van der Waals surface area contributed by atoms with E-state index in [1.165, 1.54) is 24.3 Å². The summed E-state index contributed by atoms with van der Waals surface area (Å²) in [6.45, 7) is 1.56. The van der Waals surface area contributed by atoms with Crippen LogP contribution in [0.1, 0.15) is 18.1 Å². The Balaban J connectivity index is 2.32. The van der Waals surface area contributed by atoms with Crippen molar-refractivity contribution in [3.8, 4) is 23.0 Å². The van der Waals surface area contributed by atoms with E-state index in [9.17, 15) is 15.3 Å². The van der Waals surface area contributed by atoms with Gasteiger partial charge >= 0.3 is 0 Å². The van der Waals surface area contributed by atoms with Crippen molar-refractivity contribution in [1.82, 2.24) is 0 Å². The van der Waals surface area contributed by atoms with E-state index in [1.54, 1.807) is 19.1 Å². The summed E-state index contributed by atoms with van der Waals surface area (Å²) in [5.74, 6) is 1.38. The first kappa shape index (κ1) is 11.5. The van der Waals surface area contributed by atoms with Crippen molar-refractivity contribution in [2.75, 3.05) is 0 Å². The molecule has 3 rings (SSSR count). The van der Waals surface area contributed by atoms with Gasteiger partial charge in [0.15, 0.2) is 0 Å². The Morgan fingerprint density at radius 3 is 1.79 bits per heavy atom. The SMILES string of the molecule is CC(O)=C1c2cc(O)ccc2Oc2ccc(O)cc21. The maximum absolute atomic E-state index is 9.91. The molecule has 0 atom stereocenters. The van der Waals surface area contributed by atoms with E-state index in [2.05, 4.69) is 0 Å². The Labute approximate surface area is 109 Å². The minimum absolute atomic E-state index is 0.0877. The molecule has 0 bridgehead atoms. The molecule has 3 N–H and O–H groups in total. The van der Waals surface area contributed by atoms with E-state index in [1.807, 2.05) is 0 Å². The molecule has 19 heavy (non-hydrogen) atoms. The Kier molecular flexibility index (Phi) is 2.38. The number of aliphatic hydroxyl groups excluding tert-OH is 1. The number of aliphatic hydroxyl groups is 1. The van der Waals surface area contributed by atoms with Gasteiger partial charge in [-0.1, -0.05) is 0 Å². The molecular weight excluding hydrogens is 244 g/mol. The fraction of sp³-hybridized carbons (Fsp3) is 0.0667. The third kappa shape index (κ3) is 1.78. The van der Waals surface area contributed by atoms with Crippen LogP contribution in [0.3, 0.4) is 0 Å². The zero-order valence-corrected chi connectivity index (χ0v) is 10.2. The number of phenols is 2. The van der Waals surface area contributed by atoms with E-state index in [4.69, 9.17) is 4.74 Å². The van der Waals surface area contributed by atoms with Crippen LogP contribution in [0.2, 0.25) is 0 Å². The Bertz CT molecular complexity index is 644. The summed E-state index contributed by atoms with van der Waals surface area (Å²) in [5.41, 5.74) is 1.74. The molecule has 0 unspecified atom stereocenters. The second-order valence-corrected chi connectivity index (χ2v) is 4.42. The number of hydrogen-bond donors (Lipinski definition) is 3. The fourth-order valence-corrected chi connectivity index (χ4v) is 2.26. The number of benzene rings is 2. The molecular formula is C15H12O4. The standard InChI is InChI=1S/C15H12O4/c1-8(16)15-11-6-9(17)2-4-13(11)19-14-5-3-10(18)7-12(14)15/h2-7,16-18H,1H3. The molecule has 0 radical (unpaired) electrons. The van der Waals surface area contributed by atoms with E-state index in [-0.39, 0.29) is 17.3 Å². The maximum atomic E-state index is 9.91. The van der Waals surface area contributed by atoms with Crippen LogP contribution >= 0.6 is 0 Å². The Morgan fingerprint density at radius 1 is 0.895 bits per heavy atom. The van der Waals surface area contributed by atoms with E-state index < -0.39 is 0 Å². The number of hydrogen-bond acceptors (Lipinski definition) is 4. The molecule has 0 saturated heterocycles. The predicted molar refractivity (Wildman–Crippen MR) is 70.6 cm³/mol. The molecule has 1 heterocycles. The molecule has 0 spiro atoms. The van der Waals surface area contributed by atoms with Crippen molar-refractivity contribution >= 4 is 5.57 Å². The maximum Gasteiger partial charge on any atom is 0.135 e. The summed E-state index contributed by atoms with van der Waals surface area (Å²) >= 11 is 0. The van der Waals surface area contributed by atoms with Crippen LogP contribution in [-0.2, 0) is 0 Å². The van der Waals surface area contributed by atoms with Crippen LogP contribution in [0.25, 0.3) is 5.57 Å². The van der Waals surface area contributed by atoms with Gasteiger partial charge in [-0.25, -0.2) is 0 Å². The highest BCUT2D eigenvalue weighted by Crippen LogP contribution is 2.46. The smallest absolute Gasteiger partial charge is 0.135 e. The third-order valence-electron chi connectivity index (χ3n) is 3.05. The van der Waals surface area contributed by atoms with Gasteiger partial charge in [-0.05, 0) is 43.3 Å². The lowest BCUT2D eigenvalue weighted by Crippen LogP contribution is -2.04. The molecule has 0 amide bonds. The number of fused-ring (bicyclic) bond motifs is 2. The summed E-state index contributed by atoms with van der Waals surface area (Å²) in [5, 5.41) is 29.1. The molecule has 1 aliphatic heterocycles. The molecule has 2 aromatic carbocycles. The average Bonchev–Trinajstić information content (AvgIpc) is 2.35. The van der Waals surface area contributed by atoms with Gasteiger partial charge in [-0.3, -0.25) is 0 Å². The second-order valence-electron chi connectivity index (χ2n) is 4.42. The Hall–Kier alpha value is -2.62. The van der Waals surface area contributed by atoms with E-state index in [0.29, 0.717) is 28.2 Å². The average molecular weight is 256 g/mol. The van der Waals surface area contributed by atoms with Gasteiger partial charge in [-0.15, -0.1) is 0 Å². The molecule has 1 aliphatic rings. The molecule has 4 nitrogen and oxygen atoms in total. The number of aromatic hydroxyl groups is 2. The van der Waals surface area contributed by atoms with Crippen LogP contribution in [-0.4, -0.2) is 15.3 Å². The Morgan fingerprint density at radius 2 is 1.37 bits per heavy atom. The summed E-state index contributed by atoms with van der Waals surface area (Å²) in [7, 11) is 0. The van der Waals surface area contributed by atoms with Gasteiger partial charge in [0.2, 0.25) is 0 Å². The first-order valence-corrected chi connectivity index (χ1v) is 5.81. The topological polar surface area (TPSA) is 69.9 Å². The van der Waals surface area contributed by atoms with Crippen LogP contribution in [0, 0.1) is 0 Å². The monoisotopic (exact) mass is 256 g/mol. The second kappa shape index (κ2) is 3.95. The van der Waals surface area contributed by atoms with Crippen molar-refractivity contribution in [1.29, 1.82) is 0 Å². The van der Waals surface area contributed by atoms with Crippen LogP contribution in [0.4, 0.5) is 0 Å². The van der Waals surface area contributed by atoms with Gasteiger partial charge < -0.3 is 20.1 Å². The molecule has 0 saturated carbocycles. The van der Waals surface area contributed by atoms with Crippen LogP contribution in [0.15, 0.2) is 42.2 Å². The van der Waals surface area contributed by atoms with Crippen molar-refractivity contribution in [3.63, 3.8) is 0 Å². The van der Waals surface area contributed by atoms with Crippen LogP contribution in [0.5, 0.6) is 23.0 Å². The van der Waals surface area contributed by atoms with Gasteiger partial charge in [0.1, 0.15) is 23.0 Å². The summed E-state index contributed by atoms with van der Waals surface area (Å²) < 4.78 is 5.70. The van der Waals surface area contributed by atoms with Gasteiger partial charge in [0, 0.05) is 16.7 Å². The predicted octanol–water partition coefficient (Wildman–Crippen LogP) is 3.54. The first-order valence-electron chi connectivity index (χ1n) is 5.81. The minimum atomic E-state index is 0.0877. The number of allylic oxidation sites excluding steroid dienone is 1. The van der Waals surface area contributed by atoms with Crippen molar-refractivity contribution < 1.29 is 20.1 Å². The van der Waals surface area contributed by atoms with Gasteiger partial charge in [0.05, 0.1) is 5.76 Å². The lowest BCUT2D eigenvalue weighted by molar-refractivity contribution is 0.413. The lowest BCUT2D eigenvalue weighted by atomic mass is 9.93. The zero-order valence-electron chi connectivity index (χ0n) is 10.2. The molecule has 0 aromatic heterocycles. The fourth-order valence-electron chi connectivity index (χ4n) is 2.26. The molecule has 2 aromatic rings.